The van der Waals surface area contributed by atoms with Crippen molar-refractivity contribution in [2.75, 3.05) is 12.3 Å². The second-order valence-electron chi connectivity index (χ2n) is 4.51. The molecule has 0 unspecified atom stereocenters. The van der Waals surface area contributed by atoms with E-state index in [0.717, 1.165) is 17.8 Å². The zero-order chi connectivity index (χ0) is 14.6. The van der Waals surface area contributed by atoms with E-state index >= 15 is 0 Å². The summed E-state index contributed by atoms with van der Waals surface area (Å²) in [6.07, 6.45) is 0.643. The van der Waals surface area contributed by atoms with Crippen LogP contribution in [0.2, 0.25) is 0 Å². The van der Waals surface area contributed by atoms with E-state index in [1.807, 2.05) is 6.92 Å². The third-order valence-corrected chi connectivity index (χ3v) is 3.57. The van der Waals surface area contributed by atoms with Gasteiger partial charge in [0.25, 0.3) is 5.91 Å². The number of hydrogen-bond acceptors (Lipinski definition) is 5. The van der Waals surface area contributed by atoms with Crippen molar-refractivity contribution in [3.8, 4) is 0 Å². The maximum atomic E-state index is 12.0. The van der Waals surface area contributed by atoms with Crippen LogP contribution in [0.3, 0.4) is 0 Å². The van der Waals surface area contributed by atoms with Gasteiger partial charge in [0.15, 0.2) is 0 Å². The van der Waals surface area contributed by atoms with Crippen LogP contribution >= 0.6 is 11.3 Å². The fourth-order valence-electron chi connectivity index (χ4n) is 1.61. The average Bonchev–Trinajstić information content (AvgIpc) is 2.61. The molecule has 0 bridgehead atoms. The number of rotatable bonds is 5. The highest BCUT2D eigenvalue weighted by atomic mass is 32.1. The molecule has 0 spiro atoms. The number of thiophene rings is 1. The van der Waals surface area contributed by atoms with Crippen molar-refractivity contribution in [2.24, 2.45) is 0 Å². The molecular formula is C13H20N2O3S. The summed E-state index contributed by atoms with van der Waals surface area (Å²) in [6, 6.07) is 0. The lowest BCUT2D eigenvalue weighted by atomic mass is 10.1. The Hall–Kier alpha value is -1.56. The summed E-state index contributed by atoms with van der Waals surface area (Å²) in [5, 5.41) is 3.11. The predicted octanol–water partition coefficient (Wildman–Crippen LogP) is 2.34. The normalized spacial score (nSPS) is 10.6. The average molecular weight is 284 g/mol. The number of ether oxygens (including phenoxy) is 1. The summed E-state index contributed by atoms with van der Waals surface area (Å²) in [5.41, 5.74) is 6.80. The quantitative estimate of drug-likeness (QED) is 0.813. The Morgan fingerprint density at radius 2 is 2.05 bits per heavy atom. The standard InChI is InChI=1S/C13H20N2O3S/c1-5-6-15-12(16)9-8(4)10(19-11(9)14)13(17)18-7(2)3/h7H,5-6,14H2,1-4H3,(H,15,16). The van der Waals surface area contributed by atoms with Gasteiger partial charge in [-0.2, -0.15) is 0 Å². The highest BCUT2D eigenvalue weighted by Gasteiger charge is 2.24. The number of hydrogen-bond donors (Lipinski definition) is 2. The van der Waals surface area contributed by atoms with Gasteiger partial charge in [-0.15, -0.1) is 11.3 Å². The van der Waals surface area contributed by atoms with Gasteiger partial charge in [-0.05, 0) is 32.8 Å². The number of esters is 1. The molecule has 0 aliphatic rings. The monoisotopic (exact) mass is 284 g/mol. The van der Waals surface area contributed by atoms with Crippen LogP contribution in [0.15, 0.2) is 0 Å². The molecule has 0 aliphatic carbocycles. The molecule has 1 aromatic rings. The van der Waals surface area contributed by atoms with Crippen LogP contribution < -0.4 is 11.1 Å². The van der Waals surface area contributed by atoms with E-state index < -0.39 is 5.97 Å². The molecular weight excluding hydrogens is 264 g/mol. The molecule has 0 saturated carbocycles. The van der Waals surface area contributed by atoms with Gasteiger partial charge in [0.2, 0.25) is 0 Å². The van der Waals surface area contributed by atoms with Gasteiger partial charge in [0.05, 0.1) is 16.7 Å². The number of nitrogens with two attached hydrogens (primary N) is 1. The summed E-state index contributed by atoms with van der Waals surface area (Å²) in [4.78, 5) is 24.2. The molecule has 19 heavy (non-hydrogen) atoms. The van der Waals surface area contributed by atoms with E-state index in [9.17, 15) is 9.59 Å². The molecule has 3 N–H and O–H groups in total. The van der Waals surface area contributed by atoms with E-state index in [-0.39, 0.29) is 12.0 Å². The lowest BCUT2D eigenvalue weighted by Crippen LogP contribution is -2.25. The maximum absolute atomic E-state index is 12.0. The molecule has 0 saturated heterocycles. The largest absolute Gasteiger partial charge is 0.459 e. The van der Waals surface area contributed by atoms with Crippen LogP contribution in [-0.4, -0.2) is 24.5 Å². The number of amides is 1. The second-order valence-corrected chi connectivity index (χ2v) is 5.56. The number of anilines is 1. The summed E-state index contributed by atoms with van der Waals surface area (Å²) >= 11 is 1.10. The Morgan fingerprint density at radius 3 is 2.58 bits per heavy atom. The van der Waals surface area contributed by atoms with Crippen LogP contribution in [0, 0.1) is 6.92 Å². The van der Waals surface area contributed by atoms with E-state index in [2.05, 4.69) is 5.32 Å². The summed E-state index contributed by atoms with van der Waals surface area (Å²) in [6.45, 7) is 7.82. The van der Waals surface area contributed by atoms with Gasteiger partial charge in [-0.1, -0.05) is 6.92 Å². The Bertz CT molecular complexity index is 480. The van der Waals surface area contributed by atoms with Gasteiger partial charge in [-0.3, -0.25) is 4.79 Å². The topological polar surface area (TPSA) is 81.4 Å². The van der Waals surface area contributed by atoms with Crippen molar-refractivity contribution in [2.45, 2.75) is 40.2 Å². The van der Waals surface area contributed by atoms with E-state index in [4.69, 9.17) is 10.5 Å². The first kappa shape index (κ1) is 15.5. The van der Waals surface area contributed by atoms with Crippen molar-refractivity contribution >= 4 is 28.2 Å². The SMILES string of the molecule is CCCNC(=O)c1c(N)sc(C(=O)OC(C)C)c1C. The molecule has 1 amide bonds. The molecule has 5 nitrogen and oxygen atoms in total. The van der Waals surface area contributed by atoms with Gasteiger partial charge in [0, 0.05) is 6.54 Å². The van der Waals surface area contributed by atoms with Crippen LogP contribution in [0.1, 0.15) is 52.8 Å². The minimum absolute atomic E-state index is 0.201. The zero-order valence-corrected chi connectivity index (χ0v) is 12.5. The first-order valence-electron chi connectivity index (χ1n) is 6.26. The lowest BCUT2D eigenvalue weighted by Gasteiger charge is -2.07. The molecule has 106 valence electrons. The van der Waals surface area contributed by atoms with Gasteiger partial charge >= 0.3 is 5.97 Å². The van der Waals surface area contributed by atoms with Crippen LogP contribution in [-0.2, 0) is 4.74 Å². The molecule has 1 aromatic heterocycles. The van der Waals surface area contributed by atoms with Crippen molar-refractivity contribution in [1.29, 1.82) is 0 Å². The van der Waals surface area contributed by atoms with Gasteiger partial charge in [0.1, 0.15) is 4.88 Å². The van der Waals surface area contributed by atoms with Gasteiger partial charge in [-0.25, -0.2) is 4.79 Å². The minimum atomic E-state index is -0.432. The summed E-state index contributed by atoms with van der Waals surface area (Å²) in [7, 11) is 0. The summed E-state index contributed by atoms with van der Waals surface area (Å²) in [5.74, 6) is -0.671. The third-order valence-electron chi connectivity index (χ3n) is 2.46. The number of carbonyl (C=O) groups excluding carboxylic acids is 2. The molecule has 0 aromatic carbocycles. The van der Waals surface area contributed by atoms with Crippen molar-refractivity contribution in [3.63, 3.8) is 0 Å². The van der Waals surface area contributed by atoms with E-state index in [0.29, 0.717) is 27.5 Å². The van der Waals surface area contributed by atoms with Crippen molar-refractivity contribution in [1.82, 2.24) is 5.32 Å². The Balaban J connectivity index is 3.00. The fraction of sp³-hybridized carbons (Fsp3) is 0.538. The van der Waals surface area contributed by atoms with Crippen molar-refractivity contribution < 1.29 is 14.3 Å². The fourth-order valence-corrected chi connectivity index (χ4v) is 2.56. The first-order valence-corrected chi connectivity index (χ1v) is 7.08. The first-order chi connectivity index (χ1) is 8.88. The highest BCUT2D eigenvalue weighted by Crippen LogP contribution is 2.31. The Labute approximate surface area is 117 Å². The smallest absolute Gasteiger partial charge is 0.348 e. The van der Waals surface area contributed by atoms with Crippen molar-refractivity contribution in [3.05, 3.63) is 16.0 Å². The van der Waals surface area contributed by atoms with Crippen LogP contribution in [0.5, 0.6) is 0 Å². The Kier molecular flexibility index (Phi) is 5.35. The molecule has 1 heterocycles. The highest BCUT2D eigenvalue weighted by molar-refractivity contribution is 7.18. The van der Waals surface area contributed by atoms with Crippen LogP contribution in [0.4, 0.5) is 5.00 Å². The van der Waals surface area contributed by atoms with Gasteiger partial charge < -0.3 is 15.8 Å². The number of nitrogens with one attached hydrogen (secondary N) is 1. The maximum Gasteiger partial charge on any atom is 0.348 e. The molecule has 1 rings (SSSR count). The van der Waals surface area contributed by atoms with E-state index in [1.165, 1.54) is 0 Å². The number of nitrogen functional groups attached to an aromatic ring is 1. The molecule has 0 fully saturated rings. The minimum Gasteiger partial charge on any atom is -0.459 e. The predicted molar refractivity (Wildman–Crippen MR) is 76.6 cm³/mol. The molecule has 0 aliphatic heterocycles. The lowest BCUT2D eigenvalue weighted by molar-refractivity contribution is 0.0383. The number of carbonyl (C=O) groups is 2. The van der Waals surface area contributed by atoms with Crippen LogP contribution in [0.25, 0.3) is 0 Å². The molecule has 0 atom stereocenters. The summed E-state index contributed by atoms with van der Waals surface area (Å²) < 4.78 is 5.13. The zero-order valence-electron chi connectivity index (χ0n) is 11.7. The third kappa shape index (κ3) is 3.70. The van der Waals surface area contributed by atoms with E-state index in [1.54, 1.807) is 20.8 Å². The second kappa shape index (κ2) is 6.56. The molecule has 0 radical (unpaired) electrons. The molecule has 6 heteroatoms. The Morgan fingerprint density at radius 1 is 1.42 bits per heavy atom.